The van der Waals surface area contributed by atoms with Crippen molar-refractivity contribution in [1.82, 2.24) is 0 Å². The standard InChI is InChI=1S/C9H23OP/c1-7(2)11(10,8(3)4)9(5)6/h7-11H,1-6H3. The predicted molar refractivity (Wildman–Crippen MR) is 55.9 cm³/mol. The van der Waals surface area contributed by atoms with Crippen LogP contribution in [0.4, 0.5) is 0 Å². The van der Waals surface area contributed by atoms with Gasteiger partial charge < -0.3 is 0 Å². The summed E-state index contributed by atoms with van der Waals surface area (Å²) in [7, 11) is -1.98. The maximum atomic E-state index is 10.4. The molecule has 0 aliphatic rings. The molecular weight excluding hydrogens is 155 g/mol. The molecule has 2 heteroatoms. The summed E-state index contributed by atoms with van der Waals surface area (Å²) in [6.45, 7) is 12.9. The molecule has 0 aromatic carbocycles. The fourth-order valence-corrected chi connectivity index (χ4v) is 6.00. The molecule has 0 aliphatic carbocycles. The van der Waals surface area contributed by atoms with Crippen molar-refractivity contribution >= 4 is 7.49 Å². The topological polar surface area (TPSA) is 20.2 Å². The van der Waals surface area contributed by atoms with E-state index in [0.717, 1.165) is 0 Å². The van der Waals surface area contributed by atoms with E-state index < -0.39 is 7.49 Å². The molecule has 1 nitrogen and oxygen atoms in total. The molecule has 0 bridgehead atoms. The first-order valence-electron chi connectivity index (χ1n) is 4.55. The van der Waals surface area contributed by atoms with Crippen LogP contribution in [-0.2, 0) is 0 Å². The Labute approximate surface area is 71.6 Å². The second-order valence-electron chi connectivity index (χ2n) is 4.35. The quantitative estimate of drug-likeness (QED) is 0.659. The van der Waals surface area contributed by atoms with Crippen LogP contribution in [0.3, 0.4) is 0 Å². The number of rotatable bonds is 3. The first-order valence-corrected chi connectivity index (χ1v) is 6.73. The Morgan fingerprint density at radius 1 is 0.727 bits per heavy atom. The first kappa shape index (κ1) is 11.4. The monoisotopic (exact) mass is 178 g/mol. The van der Waals surface area contributed by atoms with Crippen LogP contribution in [-0.4, -0.2) is 21.9 Å². The summed E-state index contributed by atoms with van der Waals surface area (Å²) >= 11 is 0. The van der Waals surface area contributed by atoms with Crippen molar-refractivity contribution in [3.8, 4) is 0 Å². The van der Waals surface area contributed by atoms with Gasteiger partial charge in [-0.15, -0.1) is 0 Å². The fraction of sp³-hybridized carbons (Fsp3) is 1.00. The molecule has 0 aromatic heterocycles. The molecule has 0 fully saturated rings. The van der Waals surface area contributed by atoms with E-state index in [1.165, 1.54) is 0 Å². The Morgan fingerprint density at radius 2 is 0.909 bits per heavy atom. The van der Waals surface area contributed by atoms with Crippen molar-refractivity contribution in [1.29, 1.82) is 0 Å². The van der Waals surface area contributed by atoms with Gasteiger partial charge in [0.1, 0.15) is 0 Å². The van der Waals surface area contributed by atoms with Gasteiger partial charge in [-0.2, -0.15) is 0 Å². The molecule has 0 saturated heterocycles. The number of hydrogen-bond acceptors (Lipinski definition) is 1. The van der Waals surface area contributed by atoms with Gasteiger partial charge in [-0.05, 0) is 0 Å². The van der Waals surface area contributed by atoms with E-state index in [9.17, 15) is 4.89 Å². The van der Waals surface area contributed by atoms with E-state index in [0.29, 0.717) is 17.0 Å². The van der Waals surface area contributed by atoms with E-state index >= 15 is 0 Å². The average Bonchev–Trinajstić information content (AvgIpc) is 1.84. The minimum absolute atomic E-state index is 0.475. The normalized spacial score (nSPS) is 15.1. The van der Waals surface area contributed by atoms with E-state index in [2.05, 4.69) is 41.5 Å². The van der Waals surface area contributed by atoms with Crippen LogP contribution in [0.2, 0.25) is 0 Å². The van der Waals surface area contributed by atoms with Gasteiger partial charge in [0, 0.05) is 0 Å². The van der Waals surface area contributed by atoms with Crippen molar-refractivity contribution < 1.29 is 4.89 Å². The van der Waals surface area contributed by atoms with Gasteiger partial charge in [-0.1, -0.05) is 0 Å². The molecule has 70 valence electrons. The summed E-state index contributed by atoms with van der Waals surface area (Å²) in [5.41, 5.74) is 1.42. The summed E-state index contributed by atoms with van der Waals surface area (Å²) < 4.78 is 0. The molecule has 0 unspecified atom stereocenters. The Bertz CT molecular complexity index is 97.0. The van der Waals surface area contributed by atoms with Crippen LogP contribution in [0.25, 0.3) is 0 Å². The predicted octanol–water partition coefficient (Wildman–Crippen LogP) is 2.87. The summed E-state index contributed by atoms with van der Waals surface area (Å²) in [5, 5.41) is 0. The van der Waals surface area contributed by atoms with Crippen LogP contribution in [0.1, 0.15) is 41.5 Å². The molecule has 1 N–H and O–H groups in total. The van der Waals surface area contributed by atoms with Gasteiger partial charge in [0.05, 0.1) is 0 Å². The molecule has 0 aromatic rings. The third-order valence-corrected chi connectivity index (χ3v) is 8.32. The first-order chi connectivity index (χ1) is 4.83. The molecule has 0 atom stereocenters. The fourth-order valence-electron chi connectivity index (χ4n) is 2.00. The number of hydrogen-bond donors (Lipinski definition) is 1. The van der Waals surface area contributed by atoms with Crippen LogP contribution >= 0.6 is 7.49 Å². The van der Waals surface area contributed by atoms with Gasteiger partial charge in [-0.25, -0.2) is 0 Å². The van der Waals surface area contributed by atoms with Gasteiger partial charge >= 0.3 is 70.9 Å². The van der Waals surface area contributed by atoms with Crippen molar-refractivity contribution in [2.75, 3.05) is 0 Å². The molecular formula is C9H23OP. The third kappa shape index (κ3) is 2.16. The third-order valence-electron chi connectivity index (χ3n) is 2.77. The van der Waals surface area contributed by atoms with Gasteiger partial charge in [-0.3, -0.25) is 0 Å². The van der Waals surface area contributed by atoms with Crippen molar-refractivity contribution in [2.24, 2.45) is 0 Å². The SMILES string of the molecule is CC(C)[PH](O)(C(C)C)C(C)C. The molecule has 0 aliphatic heterocycles. The van der Waals surface area contributed by atoms with Crippen molar-refractivity contribution in [3.05, 3.63) is 0 Å². The van der Waals surface area contributed by atoms with Gasteiger partial charge in [0.2, 0.25) is 0 Å². The molecule has 0 saturated carbocycles. The second-order valence-corrected chi connectivity index (χ2v) is 9.59. The summed E-state index contributed by atoms with van der Waals surface area (Å²) in [6.07, 6.45) is 0. The van der Waals surface area contributed by atoms with E-state index in [-0.39, 0.29) is 0 Å². The summed E-state index contributed by atoms with van der Waals surface area (Å²) in [4.78, 5) is 10.4. The van der Waals surface area contributed by atoms with Crippen LogP contribution in [0, 0.1) is 0 Å². The van der Waals surface area contributed by atoms with E-state index in [4.69, 9.17) is 0 Å². The Kier molecular flexibility index (Phi) is 4.00. The molecule has 0 radical (unpaired) electrons. The van der Waals surface area contributed by atoms with Crippen LogP contribution < -0.4 is 0 Å². The zero-order valence-corrected chi connectivity index (χ0v) is 9.68. The zero-order valence-electron chi connectivity index (χ0n) is 8.68. The Morgan fingerprint density at radius 3 is 0.909 bits per heavy atom. The molecule has 0 amide bonds. The van der Waals surface area contributed by atoms with Crippen LogP contribution in [0.15, 0.2) is 0 Å². The molecule has 11 heavy (non-hydrogen) atoms. The molecule has 0 heterocycles. The molecule has 0 rings (SSSR count). The van der Waals surface area contributed by atoms with E-state index in [1.807, 2.05) is 0 Å². The summed E-state index contributed by atoms with van der Waals surface area (Å²) in [6, 6.07) is 0. The average molecular weight is 178 g/mol. The second kappa shape index (κ2) is 3.87. The molecule has 0 spiro atoms. The Balaban J connectivity index is 4.53. The summed E-state index contributed by atoms with van der Waals surface area (Å²) in [5.74, 6) is 0. The van der Waals surface area contributed by atoms with Gasteiger partial charge in [0.15, 0.2) is 0 Å². The Hall–Kier alpha value is 0.390. The van der Waals surface area contributed by atoms with Crippen molar-refractivity contribution in [2.45, 2.75) is 58.5 Å². The maximum absolute atomic E-state index is 10.4. The zero-order chi connectivity index (χ0) is 9.23. The van der Waals surface area contributed by atoms with Crippen LogP contribution in [0.5, 0.6) is 0 Å². The minimum atomic E-state index is -1.98. The van der Waals surface area contributed by atoms with Gasteiger partial charge in [0.25, 0.3) is 0 Å². The van der Waals surface area contributed by atoms with E-state index in [1.54, 1.807) is 0 Å². The van der Waals surface area contributed by atoms with Crippen molar-refractivity contribution in [3.63, 3.8) is 0 Å².